The molecule has 176 valence electrons. The number of methoxy groups -OCH3 is 1. The number of nitrogens with one attached hydrogen (secondary N) is 1. The Morgan fingerprint density at radius 1 is 0.943 bits per heavy atom. The van der Waals surface area contributed by atoms with E-state index in [4.69, 9.17) is 9.47 Å². The fraction of sp³-hybridized carbons (Fsp3) is 0.148. The summed E-state index contributed by atoms with van der Waals surface area (Å²) in [6.45, 7) is 5.74. The van der Waals surface area contributed by atoms with Gasteiger partial charge in [0.05, 0.1) is 23.5 Å². The van der Waals surface area contributed by atoms with Crippen LogP contribution >= 0.6 is 0 Å². The highest BCUT2D eigenvalue weighted by molar-refractivity contribution is 6.00. The molecule has 1 amide bonds. The first kappa shape index (κ1) is 22.3. The van der Waals surface area contributed by atoms with E-state index in [0.29, 0.717) is 28.0 Å². The van der Waals surface area contributed by atoms with Crippen LogP contribution in [0.1, 0.15) is 16.8 Å². The molecule has 0 atom stereocenters. The predicted octanol–water partition coefficient (Wildman–Crippen LogP) is 6.53. The molecule has 5 rings (SSSR count). The fourth-order valence-corrected chi connectivity index (χ4v) is 4.04. The lowest BCUT2D eigenvalue weighted by atomic mass is 10.1. The summed E-state index contributed by atoms with van der Waals surface area (Å²) in [5.74, 6) is 0.396. The van der Waals surface area contributed by atoms with Gasteiger partial charge in [-0.25, -0.2) is 19.2 Å². The molecule has 0 fully saturated rings. The van der Waals surface area contributed by atoms with Crippen LogP contribution in [0.5, 0.6) is 17.4 Å². The molecule has 0 bridgehead atoms. The monoisotopic (exact) mass is 470 g/mol. The van der Waals surface area contributed by atoms with E-state index in [2.05, 4.69) is 15.3 Å². The molecule has 0 unspecified atom stereocenters. The number of anilines is 1. The molecule has 0 saturated carbocycles. The van der Waals surface area contributed by atoms with Crippen LogP contribution in [0.4, 0.5) is 14.9 Å². The minimum atomic E-state index is -0.572. The van der Waals surface area contributed by atoms with Crippen molar-refractivity contribution in [2.24, 2.45) is 0 Å². The number of carbonyl (C=O) groups excluding carboxylic acids is 1. The van der Waals surface area contributed by atoms with E-state index in [1.807, 2.05) is 26.0 Å². The van der Waals surface area contributed by atoms with Crippen molar-refractivity contribution in [2.75, 3.05) is 12.4 Å². The van der Waals surface area contributed by atoms with Crippen molar-refractivity contribution < 1.29 is 18.7 Å². The van der Waals surface area contributed by atoms with Crippen molar-refractivity contribution in [3.05, 3.63) is 83.6 Å². The number of nitrogens with zero attached hydrogens (tertiary/aromatic N) is 3. The van der Waals surface area contributed by atoms with E-state index >= 15 is 4.39 Å². The minimum Gasteiger partial charge on any atom is -0.497 e. The SMILES string of the molecule is COc1ccc(NC(=O)n2c(C)cc3c(F)c(Oc4ncnc5cc(C)c(C)cc45)ccc32)cc1. The number of rotatable bonds is 4. The smallest absolute Gasteiger partial charge is 0.330 e. The van der Waals surface area contributed by atoms with Gasteiger partial charge in [-0.1, -0.05) is 0 Å². The molecule has 0 aliphatic heterocycles. The number of amides is 1. The Labute approximate surface area is 201 Å². The van der Waals surface area contributed by atoms with Crippen molar-refractivity contribution in [1.29, 1.82) is 0 Å². The van der Waals surface area contributed by atoms with E-state index in [0.717, 1.165) is 16.6 Å². The molecule has 0 saturated heterocycles. The standard InChI is InChI=1S/C27H23FN4O3/c1-15-11-20-22(12-16(15)2)29-14-30-26(20)35-24-10-9-23-21(25(24)28)13-17(3)32(23)27(33)31-18-5-7-19(34-4)8-6-18/h5-14H,1-4H3,(H,31,33). The van der Waals surface area contributed by atoms with E-state index in [9.17, 15) is 4.79 Å². The van der Waals surface area contributed by atoms with Gasteiger partial charge in [0.15, 0.2) is 11.6 Å². The van der Waals surface area contributed by atoms with Gasteiger partial charge in [-0.15, -0.1) is 0 Å². The Kier molecular flexibility index (Phi) is 5.56. The zero-order valence-electron chi connectivity index (χ0n) is 19.7. The first-order chi connectivity index (χ1) is 16.9. The van der Waals surface area contributed by atoms with Gasteiger partial charge >= 0.3 is 6.03 Å². The summed E-state index contributed by atoms with van der Waals surface area (Å²) in [7, 11) is 1.57. The third-order valence-corrected chi connectivity index (χ3v) is 6.03. The van der Waals surface area contributed by atoms with Crippen molar-refractivity contribution >= 4 is 33.5 Å². The third-order valence-electron chi connectivity index (χ3n) is 6.03. The lowest BCUT2D eigenvalue weighted by Gasteiger charge is -2.12. The Morgan fingerprint density at radius 2 is 1.69 bits per heavy atom. The first-order valence-electron chi connectivity index (χ1n) is 11.0. The molecule has 2 heterocycles. The summed E-state index contributed by atoms with van der Waals surface area (Å²) < 4.78 is 28.0. The molecule has 1 N–H and O–H groups in total. The van der Waals surface area contributed by atoms with Gasteiger partial charge in [0.25, 0.3) is 0 Å². The maximum atomic E-state index is 15.5. The molecule has 0 aliphatic rings. The molecule has 8 heteroatoms. The van der Waals surface area contributed by atoms with Crippen molar-refractivity contribution in [1.82, 2.24) is 14.5 Å². The van der Waals surface area contributed by atoms with Crippen molar-refractivity contribution in [3.8, 4) is 17.4 Å². The highest BCUT2D eigenvalue weighted by Gasteiger charge is 2.19. The predicted molar refractivity (Wildman–Crippen MR) is 133 cm³/mol. The molecule has 5 aromatic rings. The van der Waals surface area contributed by atoms with Gasteiger partial charge in [-0.3, -0.25) is 4.57 Å². The van der Waals surface area contributed by atoms with Crippen LogP contribution in [-0.4, -0.2) is 27.7 Å². The van der Waals surface area contributed by atoms with E-state index in [1.54, 1.807) is 50.4 Å². The van der Waals surface area contributed by atoms with Crippen LogP contribution in [0.3, 0.4) is 0 Å². The Morgan fingerprint density at radius 3 is 2.43 bits per heavy atom. The summed E-state index contributed by atoms with van der Waals surface area (Å²) in [5, 5.41) is 3.80. The van der Waals surface area contributed by atoms with Crippen LogP contribution in [0.2, 0.25) is 0 Å². The van der Waals surface area contributed by atoms with Crippen molar-refractivity contribution in [3.63, 3.8) is 0 Å². The number of carbonyl (C=O) groups is 1. The summed E-state index contributed by atoms with van der Waals surface area (Å²) in [6.07, 6.45) is 1.40. The maximum Gasteiger partial charge on any atom is 0.330 e. The largest absolute Gasteiger partial charge is 0.497 e. The molecular weight excluding hydrogens is 447 g/mol. The number of aryl methyl sites for hydroxylation is 3. The Hall–Kier alpha value is -4.46. The van der Waals surface area contributed by atoms with Crippen LogP contribution in [0, 0.1) is 26.6 Å². The average Bonchev–Trinajstić information content (AvgIpc) is 3.19. The normalized spacial score (nSPS) is 11.1. The van der Waals surface area contributed by atoms with Gasteiger partial charge in [0.2, 0.25) is 5.88 Å². The number of aromatic nitrogens is 3. The zero-order valence-corrected chi connectivity index (χ0v) is 19.7. The second kappa shape index (κ2) is 8.72. The van der Waals surface area contributed by atoms with Crippen LogP contribution < -0.4 is 14.8 Å². The number of fused-ring (bicyclic) bond motifs is 2. The number of benzene rings is 3. The number of ether oxygens (including phenoxy) is 2. The summed E-state index contributed by atoms with van der Waals surface area (Å²) in [6, 6.07) is 15.2. The van der Waals surface area contributed by atoms with E-state index in [1.165, 1.54) is 17.0 Å². The molecule has 7 nitrogen and oxygen atoms in total. The van der Waals surface area contributed by atoms with Gasteiger partial charge < -0.3 is 14.8 Å². The van der Waals surface area contributed by atoms with Gasteiger partial charge in [-0.2, -0.15) is 0 Å². The molecule has 0 spiro atoms. The summed E-state index contributed by atoms with van der Waals surface area (Å²) >= 11 is 0. The number of hydrogen-bond donors (Lipinski definition) is 1. The Balaban J connectivity index is 1.49. The minimum absolute atomic E-state index is 0.0171. The van der Waals surface area contributed by atoms with Crippen LogP contribution in [0.15, 0.2) is 60.9 Å². The fourth-order valence-electron chi connectivity index (χ4n) is 4.04. The quantitative estimate of drug-likeness (QED) is 0.323. The number of halogens is 1. The van der Waals surface area contributed by atoms with Gasteiger partial charge in [-0.05, 0) is 86.5 Å². The lowest BCUT2D eigenvalue weighted by Crippen LogP contribution is -2.20. The highest BCUT2D eigenvalue weighted by atomic mass is 19.1. The molecule has 35 heavy (non-hydrogen) atoms. The first-order valence-corrected chi connectivity index (χ1v) is 11.0. The van der Waals surface area contributed by atoms with Crippen LogP contribution in [0.25, 0.3) is 21.8 Å². The van der Waals surface area contributed by atoms with Gasteiger partial charge in [0, 0.05) is 16.8 Å². The zero-order chi connectivity index (χ0) is 24.7. The third kappa shape index (κ3) is 4.03. The summed E-state index contributed by atoms with van der Waals surface area (Å²) in [5.41, 5.74) is 4.48. The molecule has 3 aromatic carbocycles. The topological polar surface area (TPSA) is 78.3 Å². The van der Waals surface area contributed by atoms with Crippen molar-refractivity contribution in [2.45, 2.75) is 20.8 Å². The molecule has 2 aromatic heterocycles. The van der Waals surface area contributed by atoms with Gasteiger partial charge in [0.1, 0.15) is 12.1 Å². The Bertz CT molecular complexity index is 1590. The average molecular weight is 471 g/mol. The molecule has 0 aliphatic carbocycles. The second-order valence-electron chi connectivity index (χ2n) is 8.32. The van der Waals surface area contributed by atoms with E-state index < -0.39 is 11.8 Å². The maximum absolute atomic E-state index is 15.5. The number of hydrogen-bond acceptors (Lipinski definition) is 5. The molecular formula is C27H23FN4O3. The highest BCUT2D eigenvalue weighted by Crippen LogP contribution is 2.34. The van der Waals surface area contributed by atoms with E-state index in [-0.39, 0.29) is 17.0 Å². The van der Waals surface area contributed by atoms with Crippen LogP contribution in [-0.2, 0) is 0 Å². The summed E-state index contributed by atoms with van der Waals surface area (Å²) in [4.78, 5) is 21.5. The molecule has 0 radical (unpaired) electrons. The lowest BCUT2D eigenvalue weighted by molar-refractivity contribution is 0.254. The second-order valence-corrected chi connectivity index (χ2v) is 8.32.